The molecule has 0 aliphatic heterocycles. The molecule has 0 unspecified atom stereocenters. The Bertz CT molecular complexity index is 1070. The number of hydrogen-bond donors (Lipinski definition) is 1. The molecule has 1 saturated carbocycles. The molecule has 0 saturated heterocycles. The first-order chi connectivity index (χ1) is 14.4. The minimum atomic E-state index is -0.575. The van der Waals surface area contributed by atoms with E-state index in [4.69, 9.17) is 18.0 Å². The lowest BCUT2D eigenvalue weighted by Crippen LogP contribution is -2.43. The van der Waals surface area contributed by atoms with Crippen LogP contribution >= 0.6 is 11.6 Å². The topological polar surface area (TPSA) is 73.1 Å². The molecule has 1 fully saturated rings. The number of amides is 1. The van der Waals surface area contributed by atoms with Crippen molar-refractivity contribution < 1.29 is 4.79 Å². The number of aryl methyl sites for hydroxylation is 2. The molecule has 0 atom stereocenters. The van der Waals surface area contributed by atoms with E-state index in [2.05, 4.69) is 11.2 Å². The molecule has 1 aliphatic carbocycles. The summed E-state index contributed by atoms with van der Waals surface area (Å²) in [6, 6.07) is 7.91. The van der Waals surface area contributed by atoms with Crippen molar-refractivity contribution in [1.29, 1.82) is 0 Å². The van der Waals surface area contributed by atoms with Gasteiger partial charge < -0.3 is 5.32 Å². The Morgan fingerprint density at radius 3 is 2.50 bits per heavy atom. The predicted octanol–water partition coefficient (Wildman–Crippen LogP) is 3.37. The molecule has 1 aromatic carbocycles. The highest BCUT2D eigenvalue weighted by atomic mass is 35.5. The average molecular weight is 428 g/mol. The first-order valence-electron chi connectivity index (χ1n) is 10.2. The predicted molar refractivity (Wildman–Crippen MR) is 119 cm³/mol. The summed E-state index contributed by atoms with van der Waals surface area (Å²) < 4.78 is 2.32. The van der Waals surface area contributed by atoms with Crippen LogP contribution in [0.1, 0.15) is 43.2 Å². The van der Waals surface area contributed by atoms with E-state index in [0.29, 0.717) is 13.0 Å². The highest BCUT2D eigenvalue weighted by Gasteiger charge is 2.23. The second kappa shape index (κ2) is 9.82. The molecule has 0 bridgehead atoms. The van der Waals surface area contributed by atoms with Gasteiger partial charge in [0.05, 0.1) is 6.54 Å². The molecule has 3 rings (SSSR count). The molecule has 1 aromatic heterocycles. The number of halogens is 1. The lowest BCUT2D eigenvalue weighted by atomic mass is 10.1. The molecule has 30 heavy (non-hydrogen) atoms. The summed E-state index contributed by atoms with van der Waals surface area (Å²) in [7, 11) is 0. The number of carbonyl (C=O) groups is 1. The summed E-state index contributed by atoms with van der Waals surface area (Å²) in [5.41, 5.74) is 0.978. The Morgan fingerprint density at radius 1 is 1.20 bits per heavy atom. The highest BCUT2D eigenvalue weighted by molar-refractivity contribution is 6.32. The van der Waals surface area contributed by atoms with E-state index in [1.165, 1.54) is 0 Å². The fourth-order valence-electron chi connectivity index (χ4n) is 3.83. The summed E-state index contributed by atoms with van der Waals surface area (Å²) in [4.78, 5) is 38.3. The molecular weight excluding hydrogens is 402 g/mol. The van der Waals surface area contributed by atoms with Gasteiger partial charge in [-0.05, 0) is 37.7 Å². The number of aromatic nitrogens is 2. The third kappa shape index (κ3) is 5.03. The van der Waals surface area contributed by atoms with Crippen LogP contribution in [0, 0.1) is 25.2 Å². The Morgan fingerprint density at radius 2 is 1.87 bits per heavy atom. The van der Waals surface area contributed by atoms with E-state index >= 15 is 0 Å². The average Bonchev–Trinajstić information content (AvgIpc) is 3.25. The van der Waals surface area contributed by atoms with Crippen molar-refractivity contribution in [2.24, 2.45) is 5.92 Å². The molecule has 6 nitrogen and oxygen atoms in total. The van der Waals surface area contributed by atoms with Gasteiger partial charge in [-0.3, -0.25) is 18.7 Å². The zero-order valence-electron chi connectivity index (χ0n) is 17.1. The van der Waals surface area contributed by atoms with Crippen molar-refractivity contribution in [1.82, 2.24) is 9.13 Å². The van der Waals surface area contributed by atoms with Gasteiger partial charge in [0.15, 0.2) is 0 Å². The largest absolute Gasteiger partial charge is 0.333 e. The van der Waals surface area contributed by atoms with Gasteiger partial charge in [0.2, 0.25) is 5.91 Å². The molecule has 1 amide bonds. The quantitative estimate of drug-likeness (QED) is 0.544. The van der Waals surface area contributed by atoms with Crippen molar-refractivity contribution >= 4 is 23.2 Å². The number of nitrogens with zero attached hydrogens (tertiary/aromatic N) is 2. The van der Waals surface area contributed by atoms with Crippen molar-refractivity contribution in [3.63, 3.8) is 0 Å². The number of benzene rings is 1. The van der Waals surface area contributed by atoms with Crippen molar-refractivity contribution in [3.05, 3.63) is 61.4 Å². The minimum Gasteiger partial charge on any atom is -0.319 e. The summed E-state index contributed by atoms with van der Waals surface area (Å²) >= 11 is 6.30. The van der Waals surface area contributed by atoms with Gasteiger partial charge in [-0.1, -0.05) is 60.2 Å². The van der Waals surface area contributed by atoms with E-state index in [-0.39, 0.29) is 35.6 Å². The Balaban J connectivity index is 1.84. The first kappa shape index (κ1) is 21.9. The molecule has 1 N–H and O–H groups in total. The normalized spacial score (nSPS) is 13.9. The smallest absolute Gasteiger partial charge is 0.319 e. The summed E-state index contributed by atoms with van der Waals surface area (Å²) in [5, 5.41) is 2.49. The van der Waals surface area contributed by atoms with Gasteiger partial charge in [0.1, 0.15) is 10.8 Å². The number of terminal acetylenes is 1. The molecule has 7 heteroatoms. The van der Waals surface area contributed by atoms with Crippen LogP contribution in [0.4, 0.5) is 5.69 Å². The molecule has 158 valence electrons. The van der Waals surface area contributed by atoms with Gasteiger partial charge in [-0.2, -0.15) is 0 Å². The maximum Gasteiger partial charge on any atom is 0.333 e. The minimum absolute atomic E-state index is 0.0746. The Labute approximate surface area is 180 Å². The monoisotopic (exact) mass is 427 g/mol. The van der Waals surface area contributed by atoms with Crippen LogP contribution in [0.2, 0.25) is 5.15 Å². The maximum absolute atomic E-state index is 13.0. The van der Waals surface area contributed by atoms with E-state index in [1.54, 1.807) is 0 Å². The van der Waals surface area contributed by atoms with Crippen LogP contribution in [0.5, 0.6) is 0 Å². The van der Waals surface area contributed by atoms with Crippen LogP contribution < -0.4 is 16.6 Å². The Hall–Kier alpha value is -2.78. The van der Waals surface area contributed by atoms with Gasteiger partial charge in [-0.25, -0.2) is 4.79 Å². The standard InChI is InChI=1S/C23H26ClN3O3/c1-3-14-26-21(24)20(22(29)27(23(26)30)15-18-6-4-5-7-18)25-19(28)13-12-17-10-8-16(2)9-11-17/h1,8-11,18H,4-7,12-15H2,2H3,(H,25,28). The molecule has 1 heterocycles. The summed E-state index contributed by atoms with van der Waals surface area (Å²) in [6.07, 6.45) is 10.2. The first-order valence-corrected chi connectivity index (χ1v) is 10.6. The fraction of sp³-hybridized carbons (Fsp3) is 0.435. The van der Waals surface area contributed by atoms with Crippen LogP contribution in [0.3, 0.4) is 0 Å². The van der Waals surface area contributed by atoms with Crippen molar-refractivity contribution in [3.8, 4) is 12.3 Å². The van der Waals surface area contributed by atoms with Crippen LogP contribution in [0.25, 0.3) is 0 Å². The maximum atomic E-state index is 13.0. The Kier molecular flexibility index (Phi) is 7.17. The number of nitrogens with one attached hydrogen (secondary N) is 1. The second-order valence-electron chi connectivity index (χ2n) is 7.84. The van der Waals surface area contributed by atoms with E-state index in [9.17, 15) is 14.4 Å². The van der Waals surface area contributed by atoms with E-state index in [0.717, 1.165) is 45.9 Å². The van der Waals surface area contributed by atoms with Crippen LogP contribution in [-0.4, -0.2) is 15.0 Å². The molecule has 0 radical (unpaired) electrons. The second-order valence-corrected chi connectivity index (χ2v) is 8.20. The van der Waals surface area contributed by atoms with Gasteiger partial charge in [0.25, 0.3) is 5.56 Å². The van der Waals surface area contributed by atoms with Crippen LogP contribution in [0.15, 0.2) is 33.9 Å². The molecule has 2 aromatic rings. The SMILES string of the molecule is C#CCn1c(Cl)c(NC(=O)CCc2ccc(C)cc2)c(=O)n(CC2CCCC2)c1=O. The third-order valence-electron chi connectivity index (χ3n) is 5.55. The number of rotatable bonds is 7. The lowest BCUT2D eigenvalue weighted by molar-refractivity contribution is -0.116. The number of carbonyl (C=O) groups excluding carboxylic acids is 1. The molecule has 0 spiro atoms. The van der Waals surface area contributed by atoms with E-state index in [1.807, 2.05) is 31.2 Å². The zero-order valence-corrected chi connectivity index (χ0v) is 17.9. The van der Waals surface area contributed by atoms with E-state index < -0.39 is 11.2 Å². The van der Waals surface area contributed by atoms with Crippen molar-refractivity contribution in [2.45, 2.75) is 58.5 Å². The third-order valence-corrected chi connectivity index (χ3v) is 5.95. The summed E-state index contributed by atoms with van der Waals surface area (Å²) in [5.74, 6) is 2.31. The van der Waals surface area contributed by atoms with Crippen LogP contribution in [-0.2, 0) is 24.3 Å². The van der Waals surface area contributed by atoms with Gasteiger partial charge in [-0.15, -0.1) is 6.42 Å². The molecule has 1 aliphatic rings. The van der Waals surface area contributed by atoms with Gasteiger partial charge in [0, 0.05) is 13.0 Å². The van der Waals surface area contributed by atoms with Gasteiger partial charge >= 0.3 is 5.69 Å². The highest BCUT2D eigenvalue weighted by Crippen LogP contribution is 2.26. The lowest BCUT2D eigenvalue weighted by Gasteiger charge is -2.17. The van der Waals surface area contributed by atoms with Crippen molar-refractivity contribution in [2.75, 3.05) is 5.32 Å². The zero-order chi connectivity index (χ0) is 21.7. The number of hydrogen-bond acceptors (Lipinski definition) is 3. The number of anilines is 1. The summed E-state index contributed by atoms with van der Waals surface area (Å²) in [6.45, 7) is 2.24. The molecular formula is C23H26ClN3O3. The fourth-order valence-corrected chi connectivity index (χ4v) is 4.09.